The van der Waals surface area contributed by atoms with Crippen LogP contribution in [0.4, 0.5) is 11.8 Å². The molecule has 23 heavy (non-hydrogen) atoms. The van der Waals surface area contributed by atoms with Crippen molar-refractivity contribution >= 4 is 34.3 Å². The van der Waals surface area contributed by atoms with Crippen molar-refractivity contribution in [2.75, 3.05) is 19.5 Å². The molecule has 0 aliphatic rings. The highest BCUT2D eigenvalue weighted by molar-refractivity contribution is 6.29. The molecule has 0 atom stereocenters. The Bertz CT molecular complexity index is 852. The summed E-state index contributed by atoms with van der Waals surface area (Å²) in [6.45, 7) is 1.84. The maximum atomic E-state index is 5.96. The first-order valence-corrected chi connectivity index (χ1v) is 7.13. The van der Waals surface area contributed by atoms with Gasteiger partial charge in [0, 0.05) is 17.1 Å². The third-order valence-corrected chi connectivity index (χ3v) is 3.39. The van der Waals surface area contributed by atoms with Crippen LogP contribution in [0.2, 0.25) is 5.15 Å². The van der Waals surface area contributed by atoms with Gasteiger partial charge in [0.15, 0.2) is 11.5 Å². The van der Waals surface area contributed by atoms with Crippen molar-refractivity contribution < 1.29 is 9.47 Å². The van der Waals surface area contributed by atoms with Crippen LogP contribution in [0.15, 0.2) is 24.5 Å². The Balaban J connectivity index is 2.10. The lowest BCUT2D eigenvalue weighted by molar-refractivity contribution is 0.356. The maximum Gasteiger partial charge on any atom is 0.230 e. The number of ether oxygens (including phenoxy) is 2. The van der Waals surface area contributed by atoms with Crippen molar-refractivity contribution in [3.63, 3.8) is 0 Å². The molecule has 2 aromatic heterocycles. The molecular weight excluding hydrogens is 318 g/mol. The van der Waals surface area contributed by atoms with Crippen molar-refractivity contribution in [3.05, 3.63) is 35.4 Å². The molecule has 0 aliphatic carbocycles. The van der Waals surface area contributed by atoms with Crippen LogP contribution in [-0.2, 0) is 0 Å². The standard InChI is InChI=1S/C15H14ClN5O2/c1-8-4-13(16)20-15(19-8)21-14-9-5-11(22-2)12(23-3)6-10(9)17-7-18-14/h4-7H,1-3H3,(H,17,18,19,20,21). The lowest BCUT2D eigenvalue weighted by atomic mass is 10.2. The van der Waals surface area contributed by atoms with Crippen LogP contribution >= 0.6 is 11.6 Å². The maximum absolute atomic E-state index is 5.96. The molecule has 0 saturated heterocycles. The zero-order chi connectivity index (χ0) is 16.4. The van der Waals surface area contributed by atoms with Crippen LogP contribution in [0.5, 0.6) is 11.5 Å². The van der Waals surface area contributed by atoms with Gasteiger partial charge in [0.05, 0.1) is 19.7 Å². The van der Waals surface area contributed by atoms with Gasteiger partial charge in [-0.2, -0.15) is 0 Å². The van der Waals surface area contributed by atoms with Crippen molar-refractivity contribution in [1.29, 1.82) is 0 Å². The van der Waals surface area contributed by atoms with Gasteiger partial charge in [0.1, 0.15) is 17.3 Å². The molecule has 0 bridgehead atoms. The first kappa shape index (κ1) is 15.2. The molecule has 0 amide bonds. The fourth-order valence-corrected chi connectivity index (χ4v) is 2.41. The summed E-state index contributed by atoms with van der Waals surface area (Å²) in [4.78, 5) is 16.9. The Kier molecular flexibility index (Phi) is 4.12. The van der Waals surface area contributed by atoms with Crippen LogP contribution in [-0.4, -0.2) is 34.2 Å². The number of hydrogen-bond acceptors (Lipinski definition) is 7. The Morgan fingerprint density at radius 1 is 1.00 bits per heavy atom. The van der Waals surface area contributed by atoms with E-state index in [4.69, 9.17) is 21.1 Å². The first-order valence-electron chi connectivity index (χ1n) is 6.75. The lowest BCUT2D eigenvalue weighted by Crippen LogP contribution is -2.02. The molecule has 0 saturated carbocycles. The Labute approximate surface area is 137 Å². The van der Waals surface area contributed by atoms with Gasteiger partial charge in [-0.1, -0.05) is 11.6 Å². The van der Waals surface area contributed by atoms with E-state index in [1.165, 1.54) is 6.33 Å². The molecule has 2 heterocycles. The largest absolute Gasteiger partial charge is 0.493 e. The number of halogens is 1. The predicted molar refractivity (Wildman–Crippen MR) is 87.7 cm³/mol. The summed E-state index contributed by atoms with van der Waals surface area (Å²) >= 11 is 5.96. The fourth-order valence-electron chi connectivity index (χ4n) is 2.17. The molecule has 0 radical (unpaired) electrons. The molecule has 0 fully saturated rings. The second-order valence-electron chi connectivity index (χ2n) is 4.73. The van der Waals surface area contributed by atoms with Crippen molar-refractivity contribution in [3.8, 4) is 11.5 Å². The minimum atomic E-state index is 0.359. The number of aromatic nitrogens is 4. The van der Waals surface area contributed by atoms with Crippen LogP contribution in [0.25, 0.3) is 10.9 Å². The van der Waals surface area contributed by atoms with Crippen LogP contribution in [0, 0.1) is 6.92 Å². The molecule has 7 nitrogen and oxygen atoms in total. The van der Waals surface area contributed by atoms with Crippen molar-refractivity contribution in [2.45, 2.75) is 6.92 Å². The minimum absolute atomic E-state index is 0.359. The molecule has 0 unspecified atom stereocenters. The molecule has 1 N–H and O–H groups in total. The van der Waals surface area contributed by atoms with Gasteiger partial charge in [-0.3, -0.25) is 0 Å². The number of fused-ring (bicyclic) bond motifs is 1. The monoisotopic (exact) mass is 331 g/mol. The molecular formula is C15H14ClN5O2. The molecule has 3 rings (SSSR count). The number of hydrogen-bond donors (Lipinski definition) is 1. The van der Waals surface area contributed by atoms with E-state index in [0.717, 1.165) is 11.1 Å². The zero-order valence-electron chi connectivity index (χ0n) is 12.8. The Hall–Kier alpha value is -2.67. The molecule has 0 aliphatic heterocycles. The summed E-state index contributed by atoms with van der Waals surface area (Å²) in [5, 5.41) is 4.18. The quantitative estimate of drug-likeness (QED) is 0.735. The average Bonchev–Trinajstić information content (AvgIpc) is 2.53. The van der Waals surface area contributed by atoms with Crippen molar-refractivity contribution in [2.24, 2.45) is 0 Å². The number of aryl methyl sites for hydroxylation is 1. The van der Waals surface area contributed by atoms with E-state index >= 15 is 0 Å². The number of anilines is 2. The fraction of sp³-hybridized carbons (Fsp3) is 0.200. The van der Waals surface area contributed by atoms with Gasteiger partial charge in [-0.15, -0.1) is 0 Å². The second-order valence-corrected chi connectivity index (χ2v) is 5.11. The van der Waals surface area contributed by atoms with Gasteiger partial charge < -0.3 is 14.8 Å². The van der Waals surface area contributed by atoms with Crippen LogP contribution < -0.4 is 14.8 Å². The number of methoxy groups -OCH3 is 2. The van der Waals surface area contributed by atoms with E-state index in [1.807, 2.05) is 6.92 Å². The number of nitrogens with zero attached hydrogens (tertiary/aromatic N) is 4. The number of rotatable bonds is 4. The summed E-state index contributed by atoms with van der Waals surface area (Å²) in [7, 11) is 3.15. The van der Waals surface area contributed by atoms with Gasteiger partial charge in [-0.25, -0.2) is 19.9 Å². The molecule has 1 aromatic carbocycles. The third kappa shape index (κ3) is 3.09. The SMILES string of the molecule is COc1cc2ncnc(Nc3nc(C)cc(Cl)n3)c2cc1OC. The molecule has 8 heteroatoms. The summed E-state index contributed by atoms with van der Waals surface area (Å²) in [5.74, 6) is 2.10. The second kappa shape index (κ2) is 6.21. The molecule has 3 aromatic rings. The zero-order valence-corrected chi connectivity index (χ0v) is 13.5. The third-order valence-electron chi connectivity index (χ3n) is 3.19. The first-order chi connectivity index (χ1) is 11.1. The average molecular weight is 332 g/mol. The molecule has 0 spiro atoms. The summed E-state index contributed by atoms with van der Waals surface area (Å²) < 4.78 is 10.6. The highest BCUT2D eigenvalue weighted by Crippen LogP contribution is 2.34. The van der Waals surface area contributed by atoms with Crippen LogP contribution in [0.1, 0.15) is 5.69 Å². The summed E-state index contributed by atoms with van der Waals surface area (Å²) in [6.07, 6.45) is 1.45. The lowest BCUT2D eigenvalue weighted by Gasteiger charge is -2.11. The van der Waals surface area contributed by atoms with E-state index in [-0.39, 0.29) is 0 Å². The smallest absolute Gasteiger partial charge is 0.230 e. The van der Waals surface area contributed by atoms with Gasteiger partial charge in [0.2, 0.25) is 5.95 Å². The number of benzene rings is 1. The Morgan fingerprint density at radius 3 is 2.43 bits per heavy atom. The van der Waals surface area contributed by atoms with E-state index in [2.05, 4.69) is 25.3 Å². The minimum Gasteiger partial charge on any atom is -0.493 e. The van der Waals surface area contributed by atoms with E-state index in [0.29, 0.717) is 33.9 Å². The Morgan fingerprint density at radius 2 is 1.74 bits per heavy atom. The van der Waals surface area contributed by atoms with Crippen molar-refractivity contribution in [1.82, 2.24) is 19.9 Å². The highest BCUT2D eigenvalue weighted by atomic mass is 35.5. The van der Waals surface area contributed by atoms with E-state index in [1.54, 1.807) is 32.4 Å². The van der Waals surface area contributed by atoms with E-state index in [9.17, 15) is 0 Å². The van der Waals surface area contributed by atoms with Gasteiger partial charge in [0.25, 0.3) is 0 Å². The molecule has 118 valence electrons. The van der Waals surface area contributed by atoms with Gasteiger partial charge in [-0.05, 0) is 19.1 Å². The number of nitrogens with one attached hydrogen (secondary N) is 1. The van der Waals surface area contributed by atoms with Gasteiger partial charge >= 0.3 is 0 Å². The highest BCUT2D eigenvalue weighted by Gasteiger charge is 2.12. The summed E-state index contributed by atoms with van der Waals surface area (Å²) in [5.41, 5.74) is 1.46. The predicted octanol–water partition coefficient (Wildman–Crippen LogP) is 3.14. The van der Waals surface area contributed by atoms with E-state index < -0.39 is 0 Å². The topological polar surface area (TPSA) is 82.1 Å². The normalized spacial score (nSPS) is 10.6. The van der Waals surface area contributed by atoms with Crippen LogP contribution in [0.3, 0.4) is 0 Å². The summed E-state index contributed by atoms with van der Waals surface area (Å²) in [6, 6.07) is 5.26.